The first-order chi connectivity index (χ1) is 21.0. The highest BCUT2D eigenvalue weighted by molar-refractivity contribution is 5.97. The molecule has 10 heteroatoms. The average Bonchev–Trinajstić information content (AvgIpc) is 3.22. The Bertz CT molecular complexity index is 1610. The Hall–Kier alpha value is -3.50. The number of benzene rings is 1. The number of fused-ring (bicyclic) bond motifs is 4. The minimum Gasteiger partial charge on any atom is -0.508 e. The van der Waals surface area contributed by atoms with Gasteiger partial charge in [0.05, 0.1) is 18.2 Å². The van der Waals surface area contributed by atoms with E-state index >= 15 is 4.39 Å². The number of rotatable bonds is 4. The van der Waals surface area contributed by atoms with Crippen LogP contribution < -0.4 is 14.4 Å². The van der Waals surface area contributed by atoms with E-state index in [2.05, 4.69) is 16.4 Å². The first-order valence-corrected chi connectivity index (χ1v) is 15.8. The zero-order valence-electron chi connectivity index (χ0n) is 24.5. The fourth-order valence-corrected chi connectivity index (χ4v) is 7.96. The van der Waals surface area contributed by atoms with Crippen LogP contribution in [0, 0.1) is 5.82 Å². The second-order valence-corrected chi connectivity index (χ2v) is 12.9. The molecule has 0 amide bonds. The van der Waals surface area contributed by atoms with Crippen molar-refractivity contribution in [3.05, 3.63) is 41.2 Å². The van der Waals surface area contributed by atoms with E-state index in [-0.39, 0.29) is 34.6 Å². The largest absolute Gasteiger partial charge is 0.508 e. The highest BCUT2D eigenvalue weighted by Gasteiger charge is 2.46. The Balaban J connectivity index is 1.29. The van der Waals surface area contributed by atoms with Crippen LogP contribution in [0.5, 0.6) is 17.6 Å². The van der Waals surface area contributed by atoms with Gasteiger partial charge in [-0.05, 0) is 81.2 Å². The molecule has 2 aromatic heterocycles. The predicted molar refractivity (Wildman–Crippen MR) is 161 cm³/mol. The molecular weight excluding hydrogens is 549 g/mol. The third kappa shape index (κ3) is 4.61. The van der Waals surface area contributed by atoms with Crippen molar-refractivity contribution >= 4 is 16.7 Å². The molecule has 5 aliphatic rings. The molecule has 1 aliphatic carbocycles. The maximum Gasteiger partial charge on any atom is 0.319 e. The second-order valence-electron chi connectivity index (χ2n) is 12.9. The number of anilines is 1. The van der Waals surface area contributed by atoms with E-state index in [4.69, 9.17) is 29.2 Å². The lowest BCUT2D eigenvalue weighted by molar-refractivity contribution is 0.108. The van der Waals surface area contributed by atoms with Crippen molar-refractivity contribution in [2.24, 2.45) is 0 Å². The summed E-state index contributed by atoms with van der Waals surface area (Å²) in [6.45, 7) is 8.74. The van der Waals surface area contributed by atoms with Crippen LogP contribution >= 0.6 is 0 Å². The van der Waals surface area contributed by atoms with Crippen LogP contribution in [0.4, 0.5) is 10.2 Å². The fraction of sp³-hybridized carbons (Fsp3) is 0.545. The van der Waals surface area contributed by atoms with Crippen molar-refractivity contribution in [3.63, 3.8) is 0 Å². The average molecular weight is 588 g/mol. The van der Waals surface area contributed by atoms with Gasteiger partial charge in [0.1, 0.15) is 41.4 Å². The van der Waals surface area contributed by atoms with Crippen molar-refractivity contribution in [3.8, 4) is 28.9 Å². The summed E-state index contributed by atoms with van der Waals surface area (Å²) in [5.74, 6) is 0.444. The SMILES string of the molecule is C=C1CN2CCC[C@@]2(COc2nc3c4c(nc(-c5cc(O)cc6c5CCCCC6)c(F)c4n2)OC[C@@H]2COCCCN32)C1. The molecule has 3 fully saturated rings. The van der Waals surface area contributed by atoms with E-state index in [0.29, 0.717) is 55.6 Å². The zero-order chi connectivity index (χ0) is 29.1. The van der Waals surface area contributed by atoms with Gasteiger partial charge in [0.25, 0.3) is 0 Å². The van der Waals surface area contributed by atoms with E-state index in [1.807, 2.05) is 6.07 Å². The lowest BCUT2D eigenvalue weighted by Crippen LogP contribution is -2.43. The Labute approximate surface area is 250 Å². The van der Waals surface area contributed by atoms with Gasteiger partial charge < -0.3 is 24.2 Å². The van der Waals surface area contributed by atoms with Crippen LogP contribution in [0.25, 0.3) is 22.2 Å². The third-order valence-electron chi connectivity index (χ3n) is 10.00. The number of halogens is 1. The molecule has 1 N–H and O–H groups in total. The van der Waals surface area contributed by atoms with Crippen LogP contribution in [0.3, 0.4) is 0 Å². The van der Waals surface area contributed by atoms with Crippen molar-refractivity contribution in [1.29, 1.82) is 0 Å². The van der Waals surface area contributed by atoms with E-state index < -0.39 is 5.82 Å². The molecular formula is C33H38FN5O4. The van der Waals surface area contributed by atoms with Crippen molar-refractivity contribution in [1.82, 2.24) is 19.9 Å². The van der Waals surface area contributed by atoms with Gasteiger partial charge in [-0.15, -0.1) is 0 Å². The van der Waals surface area contributed by atoms with Crippen LogP contribution in [0.2, 0.25) is 0 Å². The zero-order valence-corrected chi connectivity index (χ0v) is 24.5. The molecule has 1 aromatic carbocycles. The molecule has 0 bridgehead atoms. The Morgan fingerprint density at radius 2 is 1.98 bits per heavy atom. The number of pyridine rings is 1. The molecule has 3 aromatic rings. The van der Waals surface area contributed by atoms with Crippen molar-refractivity contribution in [2.75, 3.05) is 51.0 Å². The number of hydrogen-bond donors (Lipinski definition) is 1. The number of phenols is 1. The Morgan fingerprint density at radius 3 is 2.91 bits per heavy atom. The summed E-state index contributed by atoms with van der Waals surface area (Å²) < 4.78 is 35.5. The van der Waals surface area contributed by atoms with Crippen molar-refractivity contribution in [2.45, 2.75) is 69.4 Å². The minimum absolute atomic E-state index is 0.103. The highest BCUT2D eigenvalue weighted by atomic mass is 19.1. The Morgan fingerprint density at radius 1 is 1.07 bits per heavy atom. The molecule has 8 rings (SSSR count). The highest BCUT2D eigenvalue weighted by Crippen LogP contribution is 2.44. The smallest absolute Gasteiger partial charge is 0.319 e. The summed E-state index contributed by atoms with van der Waals surface area (Å²) in [6.07, 6.45) is 8.66. The number of aromatic nitrogens is 3. The van der Waals surface area contributed by atoms with Gasteiger partial charge in [0.2, 0.25) is 5.88 Å². The number of ether oxygens (including phenoxy) is 3. The van der Waals surface area contributed by atoms with Crippen LogP contribution in [0.15, 0.2) is 24.3 Å². The number of aromatic hydroxyl groups is 1. The minimum atomic E-state index is -0.549. The summed E-state index contributed by atoms with van der Waals surface area (Å²) in [6, 6.07) is 3.49. The van der Waals surface area contributed by atoms with Gasteiger partial charge in [-0.25, -0.2) is 9.37 Å². The molecule has 2 atom stereocenters. The van der Waals surface area contributed by atoms with Gasteiger partial charge in [0.15, 0.2) is 5.82 Å². The summed E-state index contributed by atoms with van der Waals surface area (Å²) in [5, 5.41) is 11.1. The molecule has 6 heterocycles. The van der Waals surface area contributed by atoms with Crippen LogP contribution in [-0.4, -0.2) is 82.6 Å². The van der Waals surface area contributed by atoms with Gasteiger partial charge in [-0.3, -0.25) is 4.90 Å². The lowest BCUT2D eigenvalue weighted by Gasteiger charge is -2.31. The van der Waals surface area contributed by atoms with E-state index in [1.54, 1.807) is 6.07 Å². The molecule has 0 saturated carbocycles. The van der Waals surface area contributed by atoms with Crippen LogP contribution in [0.1, 0.15) is 56.1 Å². The number of phenolic OH excluding ortho intramolecular Hbond substituents is 1. The maximum absolute atomic E-state index is 16.9. The summed E-state index contributed by atoms with van der Waals surface area (Å²) in [5.41, 5.74) is 4.08. The van der Waals surface area contributed by atoms with Gasteiger partial charge in [0, 0.05) is 25.3 Å². The monoisotopic (exact) mass is 587 g/mol. The number of hydrogen-bond acceptors (Lipinski definition) is 9. The lowest BCUT2D eigenvalue weighted by atomic mass is 9.94. The number of nitrogens with zero attached hydrogens (tertiary/aromatic N) is 5. The third-order valence-corrected chi connectivity index (χ3v) is 10.00. The second kappa shape index (κ2) is 10.6. The molecule has 43 heavy (non-hydrogen) atoms. The van der Waals surface area contributed by atoms with Crippen molar-refractivity contribution < 1.29 is 23.7 Å². The first-order valence-electron chi connectivity index (χ1n) is 15.8. The molecule has 9 nitrogen and oxygen atoms in total. The molecule has 4 aliphatic heterocycles. The van der Waals surface area contributed by atoms with Gasteiger partial charge >= 0.3 is 6.01 Å². The number of aryl methyl sites for hydroxylation is 1. The standard InChI is InChI=1S/C33H38FN5O4/c1-20-15-33(9-5-10-38(33)16-20)19-43-32-36-29-26-30(37-32)39-11-6-12-41-17-22(39)18-42-31(26)35-28(27(29)34)25-14-23(40)13-21-7-3-2-4-8-24(21)25/h13-14,22,40H,1-12,15-19H2/t22-,33-/m0/s1. The van der Waals surface area contributed by atoms with E-state index in [1.165, 1.54) is 5.57 Å². The molecule has 226 valence electrons. The van der Waals surface area contributed by atoms with Gasteiger partial charge in [-0.2, -0.15) is 9.97 Å². The quantitative estimate of drug-likeness (QED) is 0.336. The molecule has 3 saturated heterocycles. The maximum atomic E-state index is 16.9. The summed E-state index contributed by atoms with van der Waals surface area (Å²) in [4.78, 5) is 19.0. The van der Waals surface area contributed by atoms with E-state index in [9.17, 15) is 5.11 Å². The van der Waals surface area contributed by atoms with Gasteiger partial charge in [-0.1, -0.05) is 18.6 Å². The summed E-state index contributed by atoms with van der Waals surface area (Å²) >= 11 is 0. The molecule has 0 unspecified atom stereocenters. The topological polar surface area (TPSA) is 93.1 Å². The molecule has 0 radical (unpaired) electrons. The van der Waals surface area contributed by atoms with Crippen LogP contribution in [-0.2, 0) is 17.6 Å². The predicted octanol–water partition coefficient (Wildman–Crippen LogP) is 4.97. The normalized spacial score (nSPS) is 25.4. The first kappa shape index (κ1) is 27.1. The fourth-order valence-electron chi connectivity index (χ4n) is 7.96. The Kier molecular flexibility index (Phi) is 6.67. The molecule has 0 spiro atoms. The van der Waals surface area contributed by atoms with E-state index in [0.717, 1.165) is 82.0 Å². The summed E-state index contributed by atoms with van der Waals surface area (Å²) in [7, 11) is 0.